The molecule has 0 N–H and O–H groups in total. The van der Waals surface area contributed by atoms with Gasteiger partial charge in [0.25, 0.3) is 0 Å². The first-order valence-corrected chi connectivity index (χ1v) is 4.53. The first-order chi connectivity index (χ1) is 5.74. The Bertz CT molecular complexity index is 247. The van der Waals surface area contributed by atoms with E-state index < -0.39 is 0 Å². The molecule has 2 heteroatoms. The molecule has 1 rings (SSSR count). The van der Waals surface area contributed by atoms with Crippen LogP contribution in [-0.4, -0.2) is 6.10 Å². The molecule has 0 spiro atoms. The first-order valence-electron chi connectivity index (χ1n) is 4.15. The van der Waals surface area contributed by atoms with Gasteiger partial charge in [0.15, 0.2) is 0 Å². The average molecular weight is 185 g/mol. The highest BCUT2D eigenvalue weighted by atomic mass is 35.5. The molecule has 0 aromatic heterocycles. The van der Waals surface area contributed by atoms with Gasteiger partial charge in [-0.3, -0.25) is 0 Å². The molecule has 1 aromatic rings. The molecule has 0 aliphatic heterocycles. The lowest BCUT2D eigenvalue weighted by Crippen LogP contribution is -2.09. The van der Waals surface area contributed by atoms with Crippen molar-refractivity contribution in [3.05, 3.63) is 29.3 Å². The van der Waals surface area contributed by atoms with Gasteiger partial charge in [0.1, 0.15) is 5.75 Å². The van der Waals surface area contributed by atoms with Gasteiger partial charge in [0.2, 0.25) is 0 Å². The highest BCUT2D eigenvalue weighted by molar-refractivity contribution is 6.32. The van der Waals surface area contributed by atoms with Crippen LogP contribution in [0, 0.1) is 0 Å². The molecule has 0 heterocycles. The summed E-state index contributed by atoms with van der Waals surface area (Å²) < 4.78 is 5.56. The van der Waals surface area contributed by atoms with Gasteiger partial charge in [-0.2, -0.15) is 0 Å². The van der Waals surface area contributed by atoms with E-state index in [4.69, 9.17) is 16.3 Å². The zero-order chi connectivity index (χ0) is 8.97. The maximum atomic E-state index is 5.90. The second-order valence-corrected chi connectivity index (χ2v) is 3.17. The predicted octanol–water partition coefficient (Wildman–Crippen LogP) is 3.52. The third-order valence-electron chi connectivity index (χ3n) is 1.74. The molecule has 0 amide bonds. The van der Waals surface area contributed by atoms with Crippen LogP contribution < -0.4 is 4.74 Å². The molecule has 0 bridgehead atoms. The lowest BCUT2D eigenvalue weighted by atomic mass is 10.3. The summed E-state index contributed by atoms with van der Waals surface area (Å²) in [5, 5.41) is 0.679. The van der Waals surface area contributed by atoms with Crippen LogP contribution in [-0.2, 0) is 0 Å². The van der Waals surface area contributed by atoms with E-state index in [2.05, 4.69) is 6.92 Å². The minimum atomic E-state index is 0.227. The minimum Gasteiger partial charge on any atom is -0.489 e. The van der Waals surface area contributed by atoms with Crippen molar-refractivity contribution in [3.63, 3.8) is 0 Å². The maximum Gasteiger partial charge on any atom is 0.138 e. The maximum absolute atomic E-state index is 5.90. The van der Waals surface area contributed by atoms with Crippen LogP contribution >= 0.6 is 11.6 Å². The fourth-order valence-electron chi connectivity index (χ4n) is 0.840. The van der Waals surface area contributed by atoms with Gasteiger partial charge in [0.05, 0.1) is 11.1 Å². The third-order valence-corrected chi connectivity index (χ3v) is 2.05. The van der Waals surface area contributed by atoms with E-state index in [1.807, 2.05) is 31.2 Å². The van der Waals surface area contributed by atoms with Crippen LogP contribution in [0.3, 0.4) is 0 Å². The summed E-state index contributed by atoms with van der Waals surface area (Å²) in [4.78, 5) is 0. The fraction of sp³-hybridized carbons (Fsp3) is 0.400. The van der Waals surface area contributed by atoms with Crippen LogP contribution in [0.15, 0.2) is 24.3 Å². The Hall–Kier alpha value is -0.690. The smallest absolute Gasteiger partial charge is 0.138 e. The molecular formula is C10H13ClO. The average Bonchev–Trinajstić information content (AvgIpc) is 2.09. The van der Waals surface area contributed by atoms with Crippen LogP contribution in [0.1, 0.15) is 20.3 Å². The molecule has 0 aliphatic rings. The molecule has 12 heavy (non-hydrogen) atoms. The van der Waals surface area contributed by atoms with Crippen LogP contribution in [0.4, 0.5) is 0 Å². The first kappa shape index (κ1) is 9.40. The third kappa shape index (κ3) is 2.42. The van der Waals surface area contributed by atoms with E-state index in [1.165, 1.54) is 0 Å². The summed E-state index contributed by atoms with van der Waals surface area (Å²) in [6.07, 6.45) is 1.22. The van der Waals surface area contributed by atoms with Gasteiger partial charge in [0, 0.05) is 0 Å². The van der Waals surface area contributed by atoms with E-state index in [0.29, 0.717) is 5.02 Å². The highest BCUT2D eigenvalue weighted by Crippen LogP contribution is 2.24. The molecule has 0 saturated carbocycles. The Morgan fingerprint density at radius 3 is 2.67 bits per heavy atom. The molecule has 0 fully saturated rings. The molecule has 1 aromatic carbocycles. The Kier molecular flexibility index (Phi) is 3.42. The number of rotatable bonds is 3. The number of hydrogen-bond donors (Lipinski definition) is 0. The van der Waals surface area contributed by atoms with Crippen molar-refractivity contribution in [3.8, 4) is 5.75 Å². The van der Waals surface area contributed by atoms with Crippen LogP contribution in [0.2, 0.25) is 5.02 Å². The van der Waals surface area contributed by atoms with Gasteiger partial charge in [-0.25, -0.2) is 0 Å². The molecule has 0 saturated heterocycles. The summed E-state index contributed by atoms with van der Waals surface area (Å²) in [5.41, 5.74) is 0. The summed E-state index contributed by atoms with van der Waals surface area (Å²) in [7, 11) is 0. The Balaban J connectivity index is 2.69. The van der Waals surface area contributed by atoms with Gasteiger partial charge < -0.3 is 4.74 Å². The molecule has 0 radical (unpaired) electrons. The topological polar surface area (TPSA) is 9.23 Å². The van der Waals surface area contributed by atoms with Crippen molar-refractivity contribution in [2.45, 2.75) is 26.4 Å². The lowest BCUT2D eigenvalue weighted by molar-refractivity contribution is 0.217. The van der Waals surface area contributed by atoms with Gasteiger partial charge in [-0.1, -0.05) is 30.7 Å². The standard InChI is InChI=1S/C10H13ClO/c1-3-8(2)12-10-7-5-4-6-9(10)11/h4-8H,3H2,1-2H3/t8-/m1/s1. The molecule has 66 valence electrons. The number of hydrogen-bond acceptors (Lipinski definition) is 1. The van der Waals surface area contributed by atoms with E-state index in [1.54, 1.807) is 0 Å². The van der Waals surface area contributed by atoms with Crippen molar-refractivity contribution in [1.29, 1.82) is 0 Å². The van der Waals surface area contributed by atoms with E-state index >= 15 is 0 Å². The largest absolute Gasteiger partial charge is 0.489 e. The van der Waals surface area contributed by atoms with E-state index in [9.17, 15) is 0 Å². The minimum absolute atomic E-state index is 0.227. The predicted molar refractivity (Wildman–Crippen MR) is 51.8 cm³/mol. The van der Waals surface area contributed by atoms with Gasteiger partial charge in [-0.05, 0) is 25.5 Å². The second kappa shape index (κ2) is 4.36. The van der Waals surface area contributed by atoms with Crippen molar-refractivity contribution in [2.75, 3.05) is 0 Å². The Morgan fingerprint density at radius 2 is 2.08 bits per heavy atom. The molecule has 0 aliphatic carbocycles. The quantitative estimate of drug-likeness (QED) is 0.699. The van der Waals surface area contributed by atoms with Crippen LogP contribution in [0.25, 0.3) is 0 Å². The normalized spacial score (nSPS) is 12.6. The second-order valence-electron chi connectivity index (χ2n) is 2.77. The van der Waals surface area contributed by atoms with E-state index in [-0.39, 0.29) is 6.10 Å². The summed E-state index contributed by atoms with van der Waals surface area (Å²) in [6, 6.07) is 7.53. The SMILES string of the molecule is CC[C@@H](C)Oc1ccccc1Cl. The molecule has 0 unspecified atom stereocenters. The number of benzene rings is 1. The highest BCUT2D eigenvalue weighted by Gasteiger charge is 2.03. The monoisotopic (exact) mass is 184 g/mol. The zero-order valence-electron chi connectivity index (χ0n) is 7.38. The van der Waals surface area contributed by atoms with E-state index in [0.717, 1.165) is 12.2 Å². The molecular weight excluding hydrogens is 172 g/mol. The Labute approximate surface area is 78.3 Å². The number of halogens is 1. The summed E-state index contributed by atoms with van der Waals surface area (Å²) in [5.74, 6) is 0.772. The summed E-state index contributed by atoms with van der Waals surface area (Å²) >= 11 is 5.90. The molecule has 1 atom stereocenters. The van der Waals surface area contributed by atoms with Crippen molar-refractivity contribution >= 4 is 11.6 Å². The molecule has 1 nitrogen and oxygen atoms in total. The number of ether oxygens (including phenoxy) is 1. The Morgan fingerprint density at radius 1 is 1.42 bits per heavy atom. The lowest BCUT2D eigenvalue weighted by Gasteiger charge is -2.13. The van der Waals surface area contributed by atoms with Crippen molar-refractivity contribution < 1.29 is 4.74 Å². The van der Waals surface area contributed by atoms with Crippen molar-refractivity contribution in [1.82, 2.24) is 0 Å². The van der Waals surface area contributed by atoms with Crippen molar-refractivity contribution in [2.24, 2.45) is 0 Å². The number of para-hydroxylation sites is 1. The zero-order valence-corrected chi connectivity index (χ0v) is 8.14. The summed E-state index contributed by atoms with van der Waals surface area (Å²) in [6.45, 7) is 4.12. The van der Waals surface area contributed by atoms with Gasteiger partial charge in [-0.15, -0.1) is 0 Å². The van der Waals surface area contributed by atoms with Crippen LogP contribution in [0.5, 0.6) is 5.75 Å². The fourth-order valence-corrected chi connectivity index (χ4v) is 1.02. The van der Waals surface area contributed by atoms with Gasteiger partial charge >= 0.3 is 0 Å².